The number of benzene rings is 3. The maximum Gasteiger partial charge on any atom is 0.284 e. The molecule has 1 aliphatic heterocycles. The molecule has 3 aromatic carbocycles. The molecule has 6 rings (SSSR count). The van der Waals surface area contributed by atoms with Crippen molar-refractivity contribution in [3.05, 3.63) is 71.8 Å². The van der Waals surface area contributed by atoms with E-state index in [0.717, 1.165) is 35.2 Å². The Hall–Kier alpha value is -4.81. The molecule has 0 bridgehead atoms. The normalized spacial score (nSPS) is 15.5. The summed E-state index contributed by atoms with van der Waals surface area (Å²) in [5, 5.41) is 6.57. The number of thiazole rings is 1. The molecule has 3 heterocycles. The molecule has 2 N–H and O–H groups in total. The molecule has 1 amide bonds. The first-order valence-corrected chi connectivity index (χ1v) is 14.9. The van der Waals surface area contributed by atoms with Crippen molar-refractivity contribution >= 4 is 55.6 Å². The summed E-state index contributed by atoms with van der Waals surface area (Å²) in [6, 6.07) is 12.7. The number of likely N-dealkylation sites (N-methyl/N-ethyl adjacent to an activating group) is 1. The Bertz CT molecular complexity index is 1890. The lowest BCUT2D eigenvalue weighted by Gasteiger charge is -2.17. The number of methoxy groups -OCH3 is 2. The van der Waals surface area contributed by atoms with E-state index in [0.29, 0.717) is 45.4 Å². The number of nitrogens with zero attached hydrogens (tertiary/aromatic N) is 4. The molecule has 12 heteroatoms. The van der Waals surface area contributed by atoms with Crippen LogP contribution in [0, 0.1) is 6.92 Å². The Morgan fingerprint density at radius 2 is 1.84 bits per heavy atom. The van der Waals surface area contributed by atoms with Gasteiger partial charge in [0.2, 0.25) is 0 Å². The highest BCUT2D eigenvalue weighted by molar-refractivity contribution is 7.16. The van der Waals surface area contributed by atoms with E-state index in [2.05, 4.69) is 25.6 Å². The van der Waals surface area contributed by atoms with Crippen molar-refractivity contribution in [3.63, 3.8) is 0 Å². The lowest BCUT2D eigenvalue weighted by atomic mass is 10.1. The van der Waals surface area contributed by atoms with Crippen molar-refractivity contribution in [1.82, 2.24) is 19.9 Å². The van der Waals surface area contributed by atoms with Gasteiger partial charge in [0.05, 0.1) is 46.8 Å². The van der Waals surface area contributed by atoms with Crippen LogP contribution in [0.25, 0.3) is 21.1 Å². The van der Waals surface area contributed by atoms with Gasteiger partial charge in [-0.2, -0.15) is 0 Å². The highest BCUT2D eigenvalue weighted by Crippen LogP contribution is 2.39. The number of carbonyl (C=O) groups excluding carboxylic acids is 1. The number of aryl methyl sites for hydroxylation is 1. The fourth-order valence-corrected chi connectivity index (χ4v) is 5.93. The van der Waals surface area contributed by atoms with E-state index >= 15 is 0 Å². The van der Waals surface area contributed by atoms with Gasteiger partial charge in [0.1, 0.15) is 35.1 Å². The lowest BCUT2D eigenvalue weighted by molar-refractivity contribution is -0.114. The zero-order valence-electron chi connectivity index (χ0n) is 24.7. The minimum absolute atomic E-state index is 0.110. The molecule has 0 radical (unpaired) electrons. The second-order valence-corrected chi connectivity index (χ2v) is 11.4. The summed E-state index contributed by atoms with van der Waals surface area (Å²) in [6.45, 7) is 2.81. The predicted molar refractivity (Wildman–Crippen MR) is 170 cm³/mol. The monoisotopic (exact) mass is 614 g/mol. The van der Waals surface area contributed by atoms with E-state index in [9.17, 15) is 9.18 Å². The number of halogens is 1. The molecule has 0 saturated carbocycles. The highest BCUT2D eigenvalue weighted by atomic mass is 32.1. The van der Waals surface area contributed by atoms with E-state index in [-0.39, 0.29) is 11.7 Å². The van der Waals surface area contributed by atoms with Crippen LogP contribution in [0.1, 0.15) is 18.4 Å². The van der Waals surface area contributed by atoms with Crippen LogP contribution < -0.4 is 24.8 Å². The second-order valence-electron chi connectivity index (χ2n) is 10.5. The molecule has 2 aromatic heterocycles. The molecular weight excluding hydrogens is 583 g/mol. The summed E-state index contributed by atoms with van der Waals surface area (Å²) in [4.78, 5) is 28.0. The molecule has 0 spiro atoms. The zero-order chi connectivity index (χ0) is 30.8. The average molecular weight is 615 g/mol. The summed E-state index contributed by atoms with van der Waals surface area (Å²) in [7, 11) is 4.97. The number of nitrogens with one attached hydrogen (secondary N) is 2. The summed E-state index contributed by atoms with van der Waals surface area (Å²) < 4.78 is 33.3. The van der Waals surface area contributed by atoms with E-state index in [1.54, 1.807) is 36.1 Å². The number of fused-ring (bicyclic) bond motifs is 2. The van der Waals surface area contributed by atoms with Crippen LogP contribution in [0.3, 0.4) is 0 Å². The molecule has 1 atom stereocenters. The van der Waals surface area contributed by atoms with Crippen LogP contribution in [0.5, 0.6) is 23.0 Å². The fourth-order valence-electron chi connectivity index (χ4n) is 5.22. The van der Waals surface area contributed by atoms with Gasteiger partial charge in [-0.15, -0.1) is 11.3 Å². The van der Waals surface area contributed by atoms with Crippen LogP contribution in [-0.2, 0) is 4.79 Å². The maximum absolute atomic E-state index is 14.9. The summed E-state index contributed by atoms with van der Waals surface area (Å²) >= 11 is 1.55. The number of anilines is 3. The largest absolute Gasteiger partial charge is 0.494 e. The molecule has 44 heavy (non-hydrogen) atoms. The van der Waals surface area contributed by atoms with Gasteiger partial charge in [-0.05, 0) is 69.3 Å². The van der Waals surface area contributed by atoms with Crippen molar-refractivity contribution < 1.29 is 23.4 Å². The van der Waals surface area contributed by atoms with Crippen molar-refractivity contribution in [2.45, 2.75) is 25.8 Å². The number of rotatable bonds is 9. The standard InChI is InChI=1S/C32H31FN6O4S/c1-18-10-25(29(42-4)15-27(18)43-20-7-8-23-30(12-20)44-17-36-23)37-31-21-13-26(28(41-3)14-24(21)34-16-35-31)38-32(40)22(33)11-19-6-5-9-39(19)2/h7-8,10-17,19H,5-6,9H2,1-4H3,(H,38,40)(H,34,35,37)/b22-11+. The van der Waals surface area contributed by atoms with Gasteiger partial charge in [0.25, 0.3) is 5.91 Å². The first-order chi connectivity index (χ1) is 21.3. The van der Waals surface area contributed by atoms with Crippen molar-refractivity contribution in [2.75, 3.05) is 38.4 Å². The third kappa shape index (κ3) is 5.99. The molecular formula is C32H31FN6O4S. The minimum atomic E-state index is -0.850. The van der Waals surface area contributed by atoms with E-state index in [1.165, 1.54) is 19.5 Å². The summed E-state index contributed by atoms with van der Waals surface area (Å²) in [5.74, 6) is 0.963. The van der Waals surface area contributed by atoms with Gasteiger partial charge in [0.15, 0.2) is 5.83 Å². The first-order valence-electron chi connectivity index (χ1n) is 14.0. The molecule has 1 unspecified atom stereocenters. The quantitative estimate of drug-likeness (QED) is 0.170. The fraction of sp³-hybridized carbons (Fsp3) is 0.250. The lowest BCUT2D eigenvalue weighted by Crippen LogP contribution is -2.24. The number of likely N-dealkylation sites (tertiary alicyclic amines) is 1. The highest BCUT2D eigenvalue weighted by Gasteiger charge is 2.22. The van der Waals surface area contributed by atoms with Gasteiger partial charge in [-0.3, -0.25) is 9.69 Å². The molecule has 5 aromatic rings. The Balaban J connectivity index is 1.28. The molecule has 1 saturated heterocycles. The van der Waals surface area contributed by atoms with Gasteiger partial charge in [-0.25, -0.2) is 19.3 Å². The Morgan fingerprint density at radius 3 is 2.61 bits per heavy atom. The Morgan fingerprint density at radius 1 is 1.02 bits per heavy atom. The van der Waals surface area contributed by atoms with Crippen LogP contribution >= 0.6 is 11.3 Å². The third-order valence-corrected chi connectivity index (χ3v) is 8.41. The van der Waals surface area contributed by atoms with Crippen LogP contribution in [0.2, 0.25) is 0 Å². The molecule has 0 aliphatic carbocycles. The first kappa shape index (κ1) is 29.3. The molecule has 10 nitrogen and oxygen atoms in total. The topological polar surface area (TPSA) is 111 Å². The van der Waals surface area contributed by atoms with E-state index in [1.807, 2.05) is 49.2 Å². The average Bonchev–Trinajstić information content (AvgIpc) is 3.66. The number of ether oxygens (including phenoxy) is 3. The molecule has 226 valence electrons. The van der Waals surface area contributed by atoms with Crippen molar-refractivity contribution in [2.24, 2.45) is 0 Å². The number of aromatic nitrogens is 3. The summed E-state index contributed by atoms with van der Waals surface area (Å²) in [5.41, 5.74) is 5.09. The predicted octanol–water partition coefficient (Wildman–Crippen LogP) is 6.99. The minimum Gasteiger partial charge on any atom is -0.494 e. The van der Waals surface area contributed by atoms with E-state index in [4.69, 9.17) is 14.2 Å². The Kier molecular flexibility index (Phi) is 8.27. The number of carbonyl (C=O) groups is 1. The van der Waals surface area contributed by atoms with Crippen LogP contribution in [0.4, 0.5) is 21.6 Å². The van der Waals surface area contributed by atoms with Crippen molar-refractivity contribution in [3.8, 4) is 23.0 Å². The van der Waals surface area contributed by atoms with Crippen LogP contribution in [0.15, 0.2) is 66.2 Å². The van der Waals surface area contributed by atoms with Gasteiger partial charge in [0, 0.05) is 29.6 Å². The van der Waals surface area contributed by atoms with Crippen LogP contribution in [-0.4, -0.2) is 59.6 Å². The number of amides is 1. The van der Waals surface area contributed by atoms with E-state index < -0.39 is 11.7 Å². The van der Waals surface area contributed by atoms with Gasteiger partial charge >= 0.3 is 0 Å². The summed E-state index contributed by atoms with van der Waals surface area (Å²) in [6.07, 6.45) is 4.56. The maximum atomic E-state index is 14.9. The SMILES string of the molecule is COc1cc2ncnc(Nc3cc(C)c(Oc4ccc5ncsc5c4)cc3OC)c2cc1NC(=O)/C(F)=C\C1CCCN1C. The molecule has 1 fully saturated rings. The Labute approximate surface area is 257 Å². The van der Waals surface area contributed by atoms with Gasteiger partial charge < -0.3 is 24.8 Å². The van der Waals surface area contributed by atoms with Crippen molar-refractivity contribution in [1.29, 1.82) is 0 Å². The number of hydrogen-bond donors (Lipinski definition) is 2. The second kappa shape index (κ2) is 12.4. The third-order valence-electron chi connectivity index (χ3n) is 7.62. The number of hydrogen-bond acceptors (Lipinski definition) is 10. The zero-order valence-corrected chi connectivity index (χ0v) is 25.5. The molecule has 1 aliphatic rings. The smallest absolute Gasteiger partial charge is 0.284 e. The van der Waals surface area contributed by atoms with Gasteiger partial charge in [-0.1, -0.05) is 0 Å².